The zero-order valence-electron chi connectivity index (χ0n) is 11.8. The lowest BCUT2D eigenvalue weighted by molar-refractivity contribution is 0.317. The van der Waals surface area contributed by atoms with E-state index >= 15 is 0 Å². The molecular formula is C14H19ClN4. The summed E-state index contributed by atoms with van der Waals surface area (Å²) in [5.41, 5.74) is 4.59. The summed E-state index contributed by atoms with van der Waals surface area (Å²) in [5.74, 6) is 0. The standard InChI is InChI=1S/C14H19ClN4/c1-10-7-16-6-5-12(10)8-18(3)9-13-11(2)17-19(4)14(13)15/h5-7H,8-9H2,1-4H3. The second kappa shape index (κ2) is 5.72. The van der Waals surface area contributed by atoms with E-state index in [9.17, 15) is 0 Å². The lowest BCUT2D eigenvalue weighted by atomic mass is 10.1. The molecule has 2 rings (SSSR count). The minimum absolute atomic E-state index is 0.718. The van der Waals surface area contributed by atoms with Crippen LogP contribution in [-0.4, -0.2) is 26.7 Å². The fraction of sp³-hybridized carbons (Fsp3) is 0.429. The Hall–Kier alpha value is -1.39. The molecule has 0 aliphatic carbocycles. The molecule has 19 heavy (non-hydrogen) atoms. The molecule has 4 nitrogen and oxygen atoms in total. The molecule has 0 unspecified atom stereocenters. The number of pyridine rings is 1. The third-order valence-corrected chi connectivity index (χ3v) is 3.75. The molecule has 0 saturated heterocycles. The highest BCUT2D eigenvalue weighted by Gasteiger charge is 2.13. The average molecular weight is 279 g/mol. The fourth-order valence-corrected chi connectivity index (χ4v) is 2.38. The number of rotatable bonds is 4. The maximum atomic E-state index is 6.26. The van der Waals surface area contributed by atoms with Crippen LogP contribution in [0, 0.1) is 13.8 Å². The molecule has 2 aromatic heterocycles. The van der Waals surface area contributed by atoms with Gasteiger partial charge in [-0.25, -0.2) is 0 Å². The average Bonchev–Trinajstić information content (AvgIpc) is 2.59. The zero-order valence-corrected chi connectivity index (χ0v) is 12.6. The Balaban J connectivity index is 2.10. The molecule has 0 aliphatic heterocycles. The van der Waals surface area contributed by atoms with Gasteiger partial charge in [-0.05, 0) is 38.1 Å². The zero-order chi connectivity index (χ0) is 14.0. The van der Waals surface area contributed by atoms with Crippen molar-refractivity contribution in [3.05, 3.63) is 46.0 Å². The molecule has 0 atom stereocenters. The van der Waals surface area contributed by atoms with Crippen molar-refractivity contribution in [3.8, 4) is 0 Å². The highest BCUT2D eigenvalue weighted by atomic mass is 35.5. The Labute approximate surface area is 119 Å². The summed E-state index contributed by atoms with van der Waals surface area (Å²) < 4.78 is 1.72. The molecule has 0 amide bonds. The third-order valence-electron chi connectivity index (χ3n) is 3.27. The molecule has 2 heterocycles. The van der Waals surface area contributed by atoms with Crippen molar-refractivity contribution in [1.82, 2.24) is 19.7 Å². The highest BCUT2D eigenvalue weighted by Crippen LogP contribution is 2.21. The van der Waals surface area contributed by atoms with Crippen LogP contribution in [0.5, 0.6) is 0 Å². The van der Waals surface area contributed by atoms with E-state index in [2.05, 4.69) is 35.0 Å². The Morgan fingerprint density at radius 1 is 1.32 bits per heavy atom. The number of hydrogen-bond donors (Lipinski definition) is 0. The summed E-state index contributed by atoms with van der Waals surface area (Å²) in [7, 11) is 3.95. The van der Waals surface area contributed by atoms with Gasteiger partial charge in [0.1, 0.15) is 5.15 Å². The van der Waals surface area contributed by atoms with Crippen LogP contribution in [0.4, 0.5) is 0 Å². The highest BCUT2D eigenvalue weighted by molar-refractivity contribution is 6.30. The SMILES string of the molecule is Cc1cnccc1CN(C)Cc1c(C)nn(C)c1Cl. The summed E-state index contributed by atoms with van der Waals surface area (Å²) >= 11 is 6.26. The van der Waals surface area contributed by atoms with Crippen LogP contribution in [0.2, 0.25) is 5.15 Å². The van der Waals surface area contributed by atoms with Gasteiger partial charge in [0.05, 0.1) is 5.69 Å². The van der Waals surface area contributed by atoms with E-state index < -0.39 is 0 Å². The van der Waals surface area contributed by atoms with Gasteiger partial charge in [-0.1, -0.05) is 11.6 Å². The van der Waals surface area contributed by atoms with E-state index in [1.807, 2.05) is 26.4 Å². The van der Waals surface area contributed by atoms with Gasteiger partial charge in [-0.15, -0.1) is 0 Å². The molecule has 0 aromatic carbocycles. The first-order valence-corrected chi connectivity index (χ1v) is 6.63. The molecule has 0 fully saturated rings. The largest absolute Gasteiger partial charge is 0.298 e. The van der Waals surface area contributed by atoms with Crippen molar-refractivity contribution < 1.29 is 0 Å². The third kappa shape index (κ3) is 3.14. The van der Waals surface area contributed by atoms with E-state index in [0.29, 0.717) is 0 Å². The predicted octanol–water partition coefficient (Wildman–Crippen LogP) is 2.72. The molecular weight excluding hydrogens is 260 g/mol. The smallest absolute Gasteiger partial charge is 0.131 e. The predicted molar refractivity (Wildman–Crippen MR) is 77.1 cm³/mol. The van der Waals surface area contributed by atoms with E-state index in [4.69, 9.17) is 11.6 Å². The van der Waals surface area contributed by atoms with E-state index in [1.54, 1.807) is 4.68 Å². The maximum absolute atomic E-state index is 6.26. The number of halogens is 1. The van der Waals surface area contributed by atoms with Crippen molar-refractivity contribution in [2.75, 3.05) is 7.05 Å². The number of hydrogen-bond acceptors (Lipinski definition) is 3. The lowest BCUT2D eigenvalue weighted by Gasteiger charge is -2.17. The van der Waals surface area contributed by atoms with Gasteiger partial charge in [0.2, 0.25) is 0 Å². The Morgan fingerprint density at radius 2 is 2.05 bits per heavy atom. The van der Waals surface area contributed by atoms with E-state index in [0.717, 1.165) is 29.5 Å². The van der Waals surface area contributed by atoms with Crippen LogP contribution in [0.1, 0.15) is 22.4 Å². The monoisotopic (exact) mass is 278 g/mol. The molecule has 0 spiro atoms. The first-order valence-electron chi connectivity index (χ1n) is 6.25. The number of nitrogens with zero attached hydrogens (tertiary/aromatic N) is 4. The Bertz CT molecular complexity index is 577. The van der Waals surface area contributed by atoms with E-state index in [-0.39, 0.29) is 0 Å². The van der Waals surface area contributed by atoms with Crippen LogP contribution in [0.15, 0.2) is 18.5 Å². The Kier molecular flexibility index (Phi) is 4.22. The van der Waals surface area contributed by atoms with Crippen molar-refractivity contribution >= 4 is 11.6 Å². The Morgan fingerprint density at radius 3 is 2.63 bits per heavy atom. The minimum Gasteiger partial charge on any atom is -0.298 e. The van der Waals surface area contributed by atoms with Crippen molar-refractivity contribution in [1.29, 1.82) is 0 Å². The summed E-state index contributed by atoms with van der Waals surface area (Å²) in [6, 6.07) is 2.06. The summed E-state index contributed by atoms with van der Waals surface area (Å²) in [4.78, 5) is 6.35. The summed E-state index contributed by atoms with van der Waals surface area (Å²) in [5, 5.41) is 5.05. The molecule has 0 bridgehead atoms. The van der Waals surface area contributed by atoms with Crippen molar-refractivity contribution in [2.24, 2.45) is 7.05 Å². The molecule has 0 aliphatic rings. The summed E-state index contributed by atoms with van der Waals surface area (Å²) in [6.07, 6.45) is 3.73. The normalized spacial score (nSPS) is 11.3. The first-order chi connectivity index (χ1) is 8.99. The second-order valence-corrected chi connectivity index (χ2v) is 5.31. The van der Waals surface area contributed by atoms with Gasteiger partial charge in [0.25, 0.3) is 0 Å². The lowest BCUT2D eigenvalue weighted by Crippen LogP contribution is -2.18. The van der Waals surface area contributed by atoms with Crippen molar-refractivity contribution in [2.45, 2.75) is 26.9 Å². The first kappa shape index (κ1) is 14.0. The van der Waals surface area contributed by atoms with Gasteiger partial charge in [0.15, 0.2) is 0 Å². The number of aromatic nitrogens is 3. The molecule has 2 aromatic rings. The van der Waals surface area contributed by atoms with E-state index in [1.165, 1.54) is 11.1 Å². The topological polar surface area (TPSA) is 34.0 Å². The van der Waals surface area contributed by atoms with Gasteiger partial charge in [-0.3, -0.25) is 14.6 Å². The molecule has 0 N–H and O–H groups in total. The number of aryl methyl sites for hydroxylation is 3. The van der Waals surface area contributed by atoms with Gasteiger partial charge < -0.3 is 0 Å². The van der Waals surface area contributed by atoms with Crippen LogP contribution < -0.4 is 0 Å². The molecule has 102 valence electrons. The van der Waals surface area contributed by atoms with Crippen molar-refractivity contribution in [3.63, 3.8) is 0 Å². The fourth-order valence-electron chi connectivity index (χ4n) is 2.15. The van der Waals surface area contributed by atoms with Gasteiger partial charge in [0, 0.05) is 38.1 Å². The summed E-state index contributed by atoms with van der Waals surface area (Å²) in [6.45, 7) is 5.74. The van der Waals surface area contributed by atoms with Gasteiger partial charge >= 0.3 is 0 Å². The molecule has 5 heteroatoms. The quantitative estimate of drug-likeness (QED) is 0.862. The maximum Gasteiger partial charge on any atom is 0.131 e. The second-order valence-electron chi connectivity index (χ2n) is 4.95. The minimum atomic E-state index is 0.718. The molecule has 0 saturated carbocycles. The van der Waals surface area contributed by atoms with Crippen LogP contribution >= 0.6 is 11.6 Å². The van der Waals surface area contributed by atoms with Crippen LogP contribution in [0.25, 0.3) is 0 Å². The van der Waals surface area contributed by atoms with Crippen LogP contribution in [-0.2, 0) is 20.1 Å². The molecule has 0 radical (unpaired) electrons. The van der Waals surface area contributed by atoms with Gasteiger partial charge in [-0.2, -0.15) is 5.10 Å². The van der Waals surface area contributed by atoms with Crippen LogP contribution in [0.3, 0.4) is 0 Å².